The molecule has 0 amide bonds. The van der Waals surface area contributed by atoms with Crippen LogP contribution in [-0.2, 0) is 0 Å². The van der Waals surface area contributed by atoms with Crippen LogP contribution in [0.25, 0.3) is 0 Å². The predicted octanol–water partition coefficient (Wildman–Crippen LogP) is 5.48. The van der Waals surface area contributed by atoms with Crippen LogP contribution in [0.15, 0.2) is 45.3 Å². The molecule has 0 N–H and O–H groups in total. The van der Waals surface area contributed by atoms with E-state index in [1.165, 1.54) is 0 Å². The summed E-state index contributed by atoms with van der Waals surface area (Å²) >= 11 is 12.7. The molecule has 0 atom stereocenters. The van der Waals surface area contributed by atoms with Crippen molar-refractivity contribution in [1.82, 2.24) is 0 Å². The maximum Gasteiger partial charge on any atom is 0.347 e. The third kappa shape index (κ3) is 4.22. The van der Waals surface area contributed by atoms with E-state index in [-0.39, 0.29) is 0 Å². The van der Waals surface area contributed by atoms with Gasteiger partial charge in [-0.15, -0.1) is 0 Å². The first-order chi connectivity index (χ1) is 10.0. The molecule has 0 radical (unpaired) electrons. The molecule has 110 valence electrons. The average molecular weight is 435 g/mol. The molecule has 0 spiro atoms. The van der Waals surface area contributed by atoms with Gasteiger partial charge in [-0.1, -0.05) is 43.5 Å². The highest BCUT2D eigenvalue weighted by Crippen LogP contribution is 2.30. The summed E-state index contributed by atoms with van der Waals surface area (Å²) < 4.78 is 12.3. The minimum Gasteiger partial charge on any atom is -0.493 e. The number of benzene rings is 2. The fourth-order valence-corrected chi connectivity index (χ4v) is 2.73. The molecule has 6 heteroatoms. The smallest absolute Gasteiger partial charge is 0.347 e. The molecule has 2 rings (SSSR count). The van der Waals surface area contributed by atoms with Crippen molar-refractivity contribution >= 4 is 49.4 Å². The van der Waals surface area contributed by atoms with Crippen LogP contribution in [0.1, 0.15) is 17.3 Å². The fraction of sp³-hybridized carbons (Fsp3) is 0.133. The summed E-state index contributed by atoms with van der Waals surface area (Å²) in [4.78, 5) is 12.3. The highest BCUT2D eigenvalue weighted by Gasteiger charge is 2.17. The molecule has 0 bridgehead atoms. The molecule has 2 aromatic carbocycles. The monoisotopic (exact) mass is 432 g/mol. The van der Waals surface area contributed by atoms with Crippen molar-refractivity contribution < 1.29 is 14.3 Å². The summed E-state index contributed by atoms with van der Waals surface area (Å²) in [5, 5.41) is 0.352. The van der Waals surface area contributed by atoms with Crippen molar-refractivity contribution in [1.29, 1.82) is 0 Å². The van der Waals surface area contributed by atoms with Gasteiger partial charge in [0.15, 0.2) is 0 Å². The van der Waals surface area contributed by atoms with Crippen LogP contribution in [0.3, 0.4) is 0 Å². The number of ether oxygens (including phenoxy) is 2. The Kier molecular flexibility index (Phi) is 5.67. The standard InChI is InChI=1S/C15H11Br2ClO3/c1-2-20-13-5-3-9(16)7-11(13)15(19)21-14-6-4-10(17)8-12(14)18/h3-8H,2H2,1H3. The molecule has 0 aliphatic rings. The number of hydrogen-bond acceptors (Lipinski definition) is 3. The number of carbonyl (C=O) groups is 1. The average Bonchev–Trinajstić information content (AvgIpc) is 2.44. The Balaban J connectivity index is 2.29. The topological polar surface area (TPSA) is 35.5 Å². The van der Waals surface area contributed by atoms with Crippen molar-refractivity contribution in [3.63, 3.8) is 0 Å². The first kappa shape index (κ1) is 16.3. The Labute approximate surface area is 144 Å². The molecule has 0 heterocycles. The molecule has 0 unspecified atom stereocenters. The van der Waals surface area contributed by atoms with E-state index in [1.54, 1.807) is 36.4 Å². The Hall–Kier alpha value is -1.04. The van der Waals surface area contributed by atoms with E-state index in [0.29, 0.717) is 28.7 Å². The molecule has 3 nitrogen and oxygen atoms in total. The number of carbonyl (C=O) groups excluding carboxylic acids is 1. The molecular formula is C15H11Br2ClO3. The summed E-state index contributed by atoms with van der Waals surface area (Å²) in [5.41, 5.74) is 0.338. The number of halogens is 3. The largest absolute Gasteiger partial charge is 0.493 e. The van der Waals surface area contributed by atoms with Gasteiger partial charge in [0.1, 0.15) is 17.1 Å². The Morgan fingerprint density at radius 2 is 1.71 bits per heavy atom. The molecule has 0 aliphatic carbocycles. The van der Waals surface area contributed by atoms with Crippen LogP contribution in [0, 0.1) is 0 Å². The normalized spacial score (nSPS) is 10.3. The Morgan fingerprint density at radius 3 is 2.33 bits per heavy atom. The van der Waals surface area contributed by atoms with E-state index < -0.39 is 5.97 Å². The molecule has 0 saturated carbocycles. The van der Waals surface area contributed by atoms with Crippen molar-refractivity contribution in [2.45, 2.75) is 6.92 Å². The van der Waals surface area contributed by atoms with E-state index >= 15 is 0 Å². The number of hydrogen-bond donors (Lipinski definition) is 0. The Morgan fingerprint density at radius 1 is 1.10 bits per heavy atom. The van der Waals surface area contributed by atoms with Crippen molar-refractivity contribution in [2.75, 3.05) is 6.61 Å². The molecule has 0 saturated heterocycles. The lowest BCUT2D eigenvalue weighted by molar-refractivity contribution is 0.0730. The molecule has 0 aromatic heterocycles. The molecule has 0 aliphatic heterocycles. The Bertz CT molecular complexity index is 674. The van der Waals surface area contributed by atoms with Gasteiger partial charge in [0.05, 0.1) is 11.6 Å². The molecular weight excluding hydrogens is 423 g/mol. The van der Waals surface area contributed by atoms with Gasteiger partial charge in [0.25, 0.3) is 0 Å². The van der Waals surface area contributed by atoms with E-state index in [4.69, 9.17) is 21.1 Å². The van der Waals surface area contributed by atoms with Gasteiger partial charge in [0.2, 0.25) is 0 Å². The van der Waals surface area contributed by atoms with Gasteiger partial charge in [-0.2, -0.15) is 0 Å². The van der Waals surface area contributed by atoms with E-state index in [1.807, 2.05) is 6.92 Å². The van der Waals surface area contributed by atoms with Crippen LogP contribution in [0.5, 0.6) is 11.5 Å². The van der Waals surface area contributed by atoms with Crippen molar-refractivity contribution in [3.8, 4) is 11.5 Å². The fourth-order valence-electron chi connectivity index (χ4n) is 1.66. The SMILES string of the molecule is CCOc1ccc(Br)cc1C(=O)Oc1ccc(Br)cc1Cl. The maximum atomic E-state index is 12.3. The summed E-state index contributed by atoms with van der Waals surface area (Å²) in [6, 6.07) is 10.2. The quantitative estimate of drug-likeness (QED) is 0.472. The summed E-state index contributed by atoms with van der Waals surface area (Å²) in [6.45, 7) is 2.31. The van der Waals surface area contributed by atoms with Crippen molar-refractivity contribution in [2.24, 2.45) is 0 Å². The zero-order valence-corrected chi connectivity index (χ0v) is 15.0. The van der Waals surface area contributed by atoms with Gasteiger partial charge in [0, 0.05) is 8.95 Å². The second kappa shape index (κ2) is 7.29. The highest BCUT2D eigenvalue weighted by molar-refractivity contribution is 9.10. The first-order valence-electron chi connectivity index (χ1n) is 6.11. The zero-order chi connectivity index (χ0) is 15.4. The van der Waals surface area contributed by atoms with Gasteiger partial charge in [-0.3, -0.25) is 0 Å². The lowest BCUT2D eigenvalue weighted by Crippen LogP contribution is -2.11. The summed E-state index contributed by atoms with van der Waals surface area (Å²) in [5.74, 6) is 0.246. The molecule has 21 heavy (non-hydrogen) atoms. The second-order valence-electron chi connectivity index (χ2n) is 4.04. The van der Waals surface area contributed by atoms with E-state index in [0.717, 1.165) is 8.95 Å². The number of rotatable bonds is 4. The zero-order valence-electron chi connectivity index (χ0n) is 11.0. The third-order valence-corrected chi connectivity index (χ3v) is 3.84. The van der Waals surface area contributed by atoms with Gasteiger partial charge in [-0.05, 0) is 43.3 Å². The van der Waals surface area contributed by atoms with Crippen LogP contribution < -0.4 is 9.47 Å². The lowest BCUT2D eigenvalue weighted by Gasteiger charge is -2.11. The minimum atomic E-state index is -0.524. The van der Waals surface area contributed by atoms with Gasteiger partial charge < -0.3 is 9.47 Å². The van der Waals surface area contributed by atoms with E-state index in [9.17, 15) is 4.79 Å². The second-order valence-corrected chi connectivity index (χ2v) is 6.28. The predicted molar refractivity (Wildman–Crippen MR) is 89.4 cm³/mol. The van der Waals surface area contributed by atoms with Crippen LogP contribution >= 0.6 is 43.5 Å². The maximum absolute atomic E-state index is 12.3. The molecule has 2 aromatic rings. The summed E-state index contributed by atoms with van der Waals surface area (Å²) in [6.07, 6.45) is 0. The van der Waals surface area contributed by atoms with Crippen LogP contribution in [0.2, 0.25) is 5.02 Å². The summed E-state index contributed by atoms with van der Waals surface area (Å²) in [7, 11) is 0. The minimum absolute atomic E-state index is 0.298. The lowest BCUT2D eigenvalue weighted by atomic mass is 10.2. The van der Waals surface area contributed by atoms with E-state index in [2.05, 4.69) is 31.9 Å². The first-order valence-corrected chi connectivity index (χ1v) is 8.07. The van der Waals surface area contributed by atoms with Gasteiger partial charge >= 0.3 is 5.97 Å². The molecule has 0 fully saturated rings. The number of esters is 1. The third-order valence-electron chi connectivity index (χ3n) is 2.56. The van der Waals surface area contributed by atoms with Crippen LogP contribution in [0.4, 0.5) is 0 Å². The van der Waals surface area contributed by atoms with Gasteiger partial charge in [-0.25, -0.2) is 4.79 Å². The van der Waals surface area contributed by atoms with Crippen molar-refractivity contribution in [3.05, 3.63) is 55.9 Å². The van der Waals surface area contributed by atoms with Crippen LogP contribution in [-0.4, -0.2) is 12.6 Å². The highest BCUT2D eigenvalue weighted by atomic mass is 79.9.